The summed E-state index contributed by atoms with van der Waals surface area (Å²) in [4.78, 5) is 15.5. The molecule has 4 aromatic rings. The van der Waals surface area contributed by atoms with Gasteiger partial charge in [-0.05, 0) is 50.8 Å². The third-order valence-electron chi connectivity index (χ3n) is 5.56. The van der Waals surface area contributed by atoms with Crippen LogP contribution in [0.1, 0.15) is 16.5 Å². The summed E-state index contributed by atoms with van der Waals surface area (Å²) in [6, 6.07) is 11.7. The Bertz CT molecular complexity index is 1310. The van der Waals surface area contributed by atoms with Gasteiger partial charge in [0.25, 0.3) is 0 Å². The van der Waals surface area contributed by atoms with Crippen molar-refractivity contribution in [3.8, 4) is 22.8 Å². The first-order valence-electron chi connectivity index (χ1n) is 10.7. The van der Waals surface area contributed by atoms with Gasteiger partial charge in [-0.1, -0.05) is 17.7 Å². The van der Waals surface area contributed by atoms with Gasteiger partial charge in [-0.3, -0.25) is 0 Å². The highest BCUT2D eigenvalue weighted by molar-refractivity contribution is 7.18. The fourth-order valence-electron chi connectivity index (χ4n) is 3.85. The van der Waals surface area contributed by atoms with Crippen LogP contribution in [0.4, 0.5) is 5.95 Å². The Morgan fingerprint density at radius 2 is 2.12 bits per heavy atom. The van der Waals surface area contributed by atoms with E-state index >= 15 is 0 Å². The van der Waals surface area contributed by atoms with Gasteiger partial charge >= 0.3 is 0 Å². The van der Waals surface area contributed by atoms with Gasteiger partial charge in [0.2, 0.25) is 5.95 Å². The van der Waals surface area contributed by atoms with Gasteiger partial charge < -0.3 is 20.1 Å². The van der Waals surface area contributed by atoms with Gasteiger partial charge in [0.05, 0.1) is 17.0 Å². The SMILES string of the molecule is CN(C)CCOc1cc(-c2ccnc(N)n2)cc2sc(C3COc4cccc(Cl)c4C3)nc12. The normalized spacial score (nSPS) is 15.5. The predicted octanol–water partition coefficient (Wildman–Crippen LogP) is 4.65. The van der Waals surface area contributed by atoms with Gasteiger partial charge in [0.1, 0.15) is 28.6 Å². The van der Waals surface area contributed by atoms with Crippen molar-refractivity contribution in [2.24, 2.45) is 0 Å². The molecule has 0 amide bonds. The van der Waals surface area contributed by atoms with Gasteiger partial charge in [-0.15, -0.1) is 11.3 Å². The Kier molecular flexibility index (Phi) is 6.05. The van der Waals surface area contributed by atoms with Crippen molar-refractivity contribution >= 4 is 39.1 Å². The molecule has 1 unspecified atom stereocenters. The molecule has 0 saturated heterocycles. The third-order valence-corrected chi connectivity index (χ3v) is 7.08. The highest BCUT2D eigenvalue weighted by atomic mass is 35.5. The molecule has 2 N–H and O–H groups in total. The van der Waals surface area contributed by atoms with Crippen LogP contribution in [0.25, 0.3) is 21.5 Å². The Labute approximate surface area is 201 Å². The third kappa shape index (κ3) is 4.59. The number of likely N-dealkylation sites (N-methyl/N-ethyl adjacent to an activating group) is 1. The summed E-state index contributed by atoms with van der Waals surface area (Å²) in [7, 11) is 4.04. The minimum atomic E-state index is 0.127. The number of nitrogens with two attached hydrogens (primary N) is 1. The molecule has 1 aliphatic rings. The minimum absolute atomic E-state index is 0.127. The number of thiazole rings is 1. The fourth-order valence-corrected chi connectivity index (χ4v) is 5.20. The average Bonchev–Trinajstić information content (AvgIpc) is 3.23. The lowest BCUT2D eigenvalue weighted by molar-refractivity contribution is 0.261. The highest BCUT2D eigenvalue weighted by Crippen LogP contribution is 2.41. The van der Waals surface area contributed by atoms with E-state index in [0.717, 1.165) is 61.5 Å². The van der Waals surface area contributed by atoms with Crippen LogP contribution < -0.4 is 15.2 Å². The summed E-state index contributed by atoms with van der Waals surface area (Å²) in [6.07, 6.45) is 2.45. The standard InChI is InChI=1S/C24H24ClN5O2S/c1-30(2)8-9-31-20-11-14(18-6-7-27-24(26)28-18)12-21-22(20)29-23(33-21)15-10-16-17(25)4-3-5-19(16)32-13-15/h3-7,11-12,15H,8-10,13H2,1-2H3,(H2,26,27,28). The molecule has 2 aromatic carbocycles. The molecule has 0 spiro atoms. The Morgan fingerprint density at radius 3 is 2.94 bits per heavy atom. The molecule has 0 fully saturated rings. The summed E-state index contributed by atoms with van der Waals surface area (Å²) in [5.74, 6) is 1.96. The minimum Gasteiger partial charge on any atom is -0.493 e. The van der Waals surface area contributed by atoms with Crippen LogP contribution >= 0.6 is 22.9 Å². The Morgan fingerprint density at radius 1 is 1.24 bits per heavy atom. The van der Waals surface area contributed by atoms with Gasteiger partial charge in [-0.2, -0.15) is 0 Å². The predicted molar refractivity (Wildman–Crippen MR) is 132 cm³/mol. The number of nitrogens with zero attached hydrogens (tertiary/aromatic N) is 4. The number of hydrogen-bond acceptors (Lipinski definition) is 8. The number of rotatable bonds is 6. The fraction of sp³-hybridized carbons (Fsp3) is 0.292. The van der Waals surface area contributed by atoms with Crippen LogP contribution in [0.2, 0.25) is 5.02 Å². The lowest BCUT2D eigenvalue weighted by Gasteiger charge is -2.24. The number of ether oxygens (including phenoxy) is 2. The summed E-state index contributed by atoms with van der Waals surface area (Å²) in [6.45, 7) is 1.92. The molecule has 9 heteroatoms. The van der Waals surface area contributed by atoms with Crippen LogP contribution in [-0.4, -0.2) is 53.7 Å². The van der Waals surface area contributed by atoms with Gasteiger partial charge in [-0.25, -0.2) is 15.0 Å². The van der Waals surface area contributed by atoms with E-state index in [1.165, 1.54) is 0 Å². The number of benzene rings is 2. The molecule has 0 radical (unpaired) electrons. The van der Waals surface area contributed by atoms with Gasteiger partial charge in [0.15, 0.2) is 0 Å². The van der Waals surface area contributed by atoms with E-state index in [2.05, 4.69) is 20.9 Å². The molecule has 33 heavy (non-hydrogen) atoms. The number of aromatic nitrogens is 3. The number of anilines is 1. The lowest BCUT2D eigenvalue weighted by Crippen LogP contribution is -2.19. The lowest BCUT2D eigenvalue weighted by atomic mass is 9.97. The maximum Gasteiger partial charge on any atom is 0.220 e. The zero-order valence-corrected chi connectivity index (χ0v) is 20.0. The molecule has 3 heterocycles. The van der Waals surface area contributed by atoms with E-state index in [0.29, 0.717) is 13.2 Å². The number of hydrogen-bond donors (Lipinski definition) is 1. The first-order chi connectivity index (χ1) is 16.0. The van der Waals surface area contributed by atoms with Crippen molar-refractivity contribution in [1.82, 2.24) is 19.9 Å². The molecular weight excluding hydrogens is 458 g/mol. The van der Waals surface area contributed by atoms with E-state index in [1.807, 2.05) is 44.4 Å². The van der Waals surface area contributed by atoms with Crippen molar-refractivity contribution < 1.29 is 9.47 Å². The van der Waals surface area contributed by atoms with E-state index in [1.54, 1.807) is 17.5 Å². The molecule has 0 aliphatic carbocycles. The topological polar surface area (TPSA) is 86.4 Å². The summed E-state index contributed by atoms with van der Waals surface area (Å²) < 4.78 is 13.2. The van der Waals surface area contributed by atoms with E-state index in [-0.39, 0.29) is 11.9 Å². The van der Waals surface area contributed by atoms with E-state index < -0.39 is 0 Å². The average molecular weight is 482 g/mol. The van der Waals surface area contributed by atoms with Crippen molar-refractivity contribution in [1.29, 1.82) is 0 Å². The van der Waals surface area contributed by atoms with Crippen LogP contribution in [0.3, 0.4) is 0 Å². The smallest absolute Gasteiger partial charge is 0.220 e. The van der Waals surface area contributed by atoms with E-state index in [9.17, 15) is 0 Å². The van der Waals surface area contributed by atoms with Crippen molar-refractivity contribution in [3.05, 3.63) is 58.2 Å². The molecule has 1 atom stereocenters. The molecule has 7 nitrogen and oxygen atoms in total. The van der Waals surface area contributed by atoms with Crippen LogP contribution in [0.5, 0.6) is 11.5 Å². The molecular formula is C24H24ClN5O2S. The van der Waals surface area contributed by atoms with Crippen molar-refractivity contribution in [3.63, 3.8) is 0 Å². The number of nitrogen functional groups attached to an aromatic ring is 1. The second-order valence-corrected chi connectivity index (χ2v) is 9.72. The highest BCUT2D eigenvalue weighted by Gasteiger charge is 2.26. The van der Waals surface area contributed by atoms with Crippen molar-refractivity contribution in [2.45, 2.75) is 12.3 Å². The molecule has 5 rings (SSSR count). The molecule has 1 aliphatic heterocycles. The Hall–Kier alpha value is -2.94. The zero-order chi connectivity index (χ0) is 22.9. The molecule has 2 aromatic heterocycles. The first kappa shape index (κ1) is 21.9. The van der Waals surface area contributed by atoms with Crippen LogP contribution in [0.15, 0.2) is 42.6 Å². The summed E-state index contributed by atoms with van der Waals surface area (Å²) >= 11 is 8.09. The second-order valence-electron chi connectivity index (χ2n) is 8.25. The molecule has 0 bridgehead atoms. The maximum atomic E-state index is 6.44. The second kappa shape index (κ2) is 9.13. The van der Waals surface area contributed by atoms with Gasteiger partial charge in [0, 0.05) is 34.8 Å². The largest absolute Gasteiger partial charge is 0.493 e. The Balaban J connectivity index is 1.53. The zero-order valence-electron chi connectivity index (χ0n) is 18.4. The summed E-state index contributed by atoms with van der Waals surface area (Å²) in [5, 5.41) is 1.74. The number of halogens is 1. The number of fused-ring (bicyclic) bond motifs is 2. The van der Waals surface area contributed by atoms with E-state index in [4.69, 9.17) is 31.8 Å². The van der Waals surface area contributed by atoms with Crippen molar-refractivity contribution in [2.75, 3.05) is 39.6 Å². The maximum absolute atomic E-state index is 6.44. The molecule has 0 saturated carbocycles. The quantitative estimate of drug-likeness (QED) is 0.429. The summed E-state index contributed by atoms with van der Waals surface area (Å²) in [5.41, 5.74) is 9.37. The first-order valence-corrected chi connectivity index (χ1v) is 11.9. The molecule has 170 valence electrons. The van der Waals surface area contributed by atoms with Crippen LogP contribution in [-0.2, 0) is 6.42 Å². The monoisotopic (exact) mass is 481 g/mol. The van der Waals surface area contributed by atoms with Crippen LogP contribution in [0, 0.1) is 0 Å².